The van der Waals surface area contributed by atoms with Crippen molar-refractivity contribution < 1.29 is 18.0 Å². The Morgan fingerprint density at radius 2 is 1.96 bits per heavy atom. The lowest BCUT2D eigenvalue weighted by Crippen LogP contribution is -2.51. The van der Waals surface area contributed by atoms with Crippen LogP contribution in [0.3, 0.4) is 0 Å². The van der Waals surface area contributed by atoms with E-state index in [1.54, 1.807) is 13.0 Å². The van der Waals surface area contributed by atoms with Gasteiger partial charge < -0.3 is 9.80 Å². The van der Waals surface area contributed by atoms with Crippen LogP contribution in [-0.4, -0.2) is 61.7 Å². The molecule has 1 aromatic rings. The molecule has 2 atom stereocenters. The van der Waals surface area contributed by atoms with Gasteiger partial charge in [0.25, 0.3) is 10.0 Å². The normalized spacial score (nSPS) is 22.7. The molecule has 26 heavy (non-hydrogen) atoms. The number of thiophene rings is 1. The Labute approximate surface area is 165 Å². The summed E-state index contributed by atoms with van der Waals surface area (Å²) in [5.74, 6) is -0.384. The van der Waals surface area contributed by atoms with Crippen molar-refractivity contribution in [3.63, 3.8) is 0 Å². The van der Waals surface area contributed by atoms with Crippen LogP contribution in [0.2, 0.25) is 0 Å². The summed E-state index contributed by atoms with van der Waals surface area (Å²) in [7, 11) is -3.75. The Kier molecular flexibility index (Phi) is 6.05. The van der Waals surface area contributed by atoms with Gasteiger partial charge >= 0.3 is 0 Å². The topological polar surface area (TPSA) is 86.8 Å². The predicted molar refractivity (Wildman–Crippen MR) is 102 cm³/mol. The SMILES string of the molecule is C[C@@H](C(=O)N1CCCCC1)N1CC[C@H](NS(=O)(=O)c2ccc(Br)s2)C1=O. The van der Waals surface area contributed by atoms with Crippen LogP contribution in [0.25, 0.3) is 0 Å². The van der Waals surface area contributed by atoms with E-state index < -0.39 is 22.1 Å². The van der Waals surface area contributed by atoms with E-state index in [0.29, 0.717) is 16.8 Å². The maximum absolute atomic E-state index is 12.7. The number of rotatable bonds is 5. The average molecular weight is 464 g/mol. The van der Waals surface area contributed by atoms with Gasteiger partial charge in [0.2, 0.25) is 11.8 Å². The van der Waals surface area contributed by atoms with Crippen LogP contribution >= 0.6 is 27.3 Å². The zero-order chi connectivity index (χ0) is 18.9. The number of hydrogen-bond acceptors (Lipinski definition) is 5. The number of carbonyl (C=O) groups excluding carboxylic acids is 2. The van der Waals surface area contributed by atoms with E-state index in [9.17, 15) is 18.0 Å². The molecule has 2 saturated heterocycles. The van der Waals surface area contributed by atoms with Gasteiger partial charge in [-0.3, -0.25) is 9.59 Å². The Bertz CT molecular complexity index is 789. The van der Waals surface area contributed by atoms with Crippen molar-refractivity contribution in [2.24, 2.45) is 0 Å². The van der Waals surface area contributed by atoms with Crippen molar-refractivity contribution in [1.29, 1.82) is 0 Å². The summed E-state index contributed by atoms with van der Waals surface area (Å²) in [4.78, 5) is 28.6. The quantitative estimate of drug-likeness (QED) is 0.720. The minimum absolute atomic E-state index is 0.0521. The molecule has 0 unspecified atom stereocenters. The zero-order valence-corrected chi connectivity index (χ0v) is 17.7. The van der Waals surface area contributed by atoms with Gasteiger partial charge in [0, 0.05) is 19.6 Å². The first-order valence-electron chi connectivity index (χ1n) is 8.66. The summed E-state index contributed by atoms with van der Waals surface area (Å²) in [5, 5.41) is 0. The largest absolute Gasteiger partial charge is 0.341 e. The summed E-state index contributed by atoms with van der Waals surface area (Å²) in [5.41, 5.74) is 0. The highest BCUT2D eigenvalue weighted by Crippen LogP contribution is 2.27. The van der Waals surface area contributed by atoms with Crippen molar-refractivity contribution in [2.45, 2.75) is 48.9 Å². The molecule has 1 N–H and O–H groups in total. The monoisotopic (exact) mass is 463 g/mol. The fourth-order valence-electron chi connectivity index (χ4n) is 3.40. The van der Waals surface area contributed by atoms with Gasteiger partial charge in [-0.15, -0.1) is 11.3 Å². The van der Waals surface area contributed by atoms with Crippen molar-refractivity contribution >= 4 is 49.1 Å². The fraction of sp³-hybridized carbons (Fsp3) is 0.625. The van der Waals surface area contributed by atoms with Crippen LogP contribution in [0.15, 0.2) is 20.1 Å². The van der Waals surface area contributed by atoms with Crippen molar-refractivity contribution in [2.75, 3.05) is 19.6 Å². The third-order valence-electron chi connectivity index (χ3n) is 4.84. The number of nitrogens with one attached hydrogen (secondary N) is 1. The fourth-order valence-corrected chi connectivity index (χ4v) is 6.65. The molecule has 0 aliphatic carbocycles. The molecular formula is C16H22BrN3O4S2. The first kappa shape index (κ1) is 19.8. The summed E-state index contributed by atoms with van der Waals surface area (Å²) < 4.78 is 28.2. The van der Waals surface area contributed by atoms with Crippen LogP contribution in [0.1, 0.15) is 32.6 Å². The summed E-state index contributed by atoms with van der Waals surface area (Å²) >= 11 is 4.33. The van der Waals surface area contributed by atoms with Gasteiger partial charge in [-0.2, -0.15) is 4.72 Å². The molecule has 3 heterocycles. The third kappa shape index (κ3) is 4.13. The lowest BCUT2D eigenvalue weighted by Gasteiger charge is -2.32. The molecule has 7 nitrogen and oxygen atoms in total. The van der Waals surface area contributed by atoms with Crippen LogP contribution in [0.5, 0.6) is 0 Å². The molecule has 1 aromatic heterocycles. The smallest absolute Gasteiger partial charge is 0.250 e. The van der Waals surface area contributed by atoms with Crippen LogP contribution in [0.4, 0.5) is 0 Å². The highest BCUT2D eigenvalue weighted by atomic mass is 79.9. The first-order valence-corrected chi connectivity index (χ1v) is 11.8. The maximum Gasteiger partial charge on any atom is 0.250 e. The van der Waals surface area contributed by atoms with E-state index in [4.69, 9.17) is 0 Å². The van der Waals surface area contributed by atoms with Gasteiger partial charge in [0.05, 0.1) is 3.79 Å². The Hall–Kier alpha value is -0.970. The number of piperidine rings is 1. The molecule has 144 valence electrons. The molecule has 0 bridgehead atoms. The highest BCUT2D eigenvalue weighted by Gasteiger charge is 2.40. The average Bonchev–Trinajstić information content (AvgIpc) is 3.21. The molecular weight excluding hydrogens is 442 g/mol. The molecule has 2 aliphatic rings. The zero-order valence-electron chi connectivity index (χ0n) is 14.5. The number of likely N-dealkylation sites (tertiary alicyclic amines) is 2. The summed E-state index contributed by atoms with van der Waals surface area (Å²) in [6.45, 7) is 3.56. The molecule has 10 heteroatoms. The minimum Gasteiger partial charge on any atom is -0.341 e. The molecule has 0 saturated carbocycles. The van der Waals surface area contributed by atoms with Crippen LogP contribution in [0, 0.1) is 0 Å². The van der Waals surface area contributed by atoms with Gasteiger partial charge in [0.15, 0.2) is 0 Å². The number of hydrogen-bond donors (Lipinski definition) is 1. The Morgan fingerprint density at radius 3 is 2.58 bits per heavy atom. The lowest BCUT2D eigenvalue weighted by molar-refractivity contribution is -0.143. The van der Waals surface area contributed by atoms with Gasteiger partial charge in [-0.25, -0.2) is 8.42 Å². The Morgan fingerprint density at radius 1 is 1.27 bits per heavy atom. The first-order chi connectivity index (χ1) is 12.3. The van der Waals surface area contributed by atoms with Crippen molar-refractivity contribution in [3.05, 3.63) is 15.9 Å². The predicted octanol–water partition coefficient (Wildman–Crippen LogP) is 1.79. The van der Waals surface area contributed by atoms with Crippen molar-refractivity contribution in [1.82, 2.24) is 14.5 Å². The number of halogens is 1. The molecule has 0 aromatic carbocycles. The number of amides is 2. The summed E-state index contributed by atoms with van der Waals surface area (Å²) in [6, 6.07) is 1.77. The van der Waals surface area contributed by atoms with E-state index >= 15 is 0 Å². The number of nitrogens with zero attached hydrogens (tertiary/aromatic N) is 2. The highest BCUT2D eigenvalue weighted by molar-refractivity contribution is 9.11. The molecule has 2 aliphatic heterocycles. The second kappa shape index (κ2) is 7.95. The van der Waals surface area contributed by atoms with Crippen LogP contribution in [-0.2, 0) is 19.6 Å². The molecule has 2 amide bonds. The minimum atomic E-state index is -3.75. The lowest BCUT2D eigenvalue weighted by atomic mass is 10.1. The van der Waals surface area contributed by atoms with E-state index in [1.165, 1.54) is 11.0 Å². The van der Waals surface area contributed by atoms with E-state index in [1.807, 2.05) is 4.90 Å². The van der Waals surface area contributed by atoms with Crippen molar-refractivity contribution in [3.8, 4) is 0 Å². The van der Waals surface area contributed by atoms with Crippen LogP contribution < -0.4 is 4.72 Å². The standard InChI is InChI=1S/C16H22BrN3O4S2/c1-11(15(21)19-8-3-2-4-9-19)20-10-7-12(16(20)22)18-26(23,24)14-6-5-13(17)25-14/h5-6,11-12,18H,2-4,7-10H2,1H3/t11-,12-/m0/s1. The van der Waals surface area contributed by atoms with E-state index in [0.717, 1.165) is 43.7 Å². The second-order valence-electron chi connectivity index (χ2n) is 6.61. The van der Waals surface area contributed by atoms with E-state index in [-0.39, 0.29) is 16.0 Å². The maximum atomic E-state index is 12.7. The number of carbonyl (C=O) groups is 2. The second-order valence-corrected chi connectivity index (χ2v) is 11.0. The molecule has 0 spiro atoms. The molecule has 2 fully saturated rings. The van der Waals surface area contributed by atoms with Gasteiger partial charge in [-0.05, 0) is 60.7 Å². The van der Waals surface area contributed by atoms with Gasteiger partial charge in [-0.1, -0.05) is 0 Å². The van der Waals surface area contributed by atoms with Gasteiger partial charge in [0.1, 0.15) is 16.3 Å². The Balaban J connectivity index is 1.65. The molecule has 3 rings (SSSR count). The number of sulfonamides is 1. The summed E-state index contributed by atoms with van der Waals surface area (Å²) in [6.07, 6.45) is 3.47. The molecule has 0 radical (unpaired) electrons. The van der Waals surface area contributed by atoms with E-state index in [2.05, 4.69) is 20.7 Å². The third-order valence-corrected chi connectivity index (χ3v) is 8.43.